The first-order valence-electron chi connectivity index (χ1n) is 9.53. The Hall–Kier alpha value is -0.778. The highest BCUT2D eigenvalue weighted by atomic mass is 27.2. The molecule has 0 radical (unpaired) electrons. The second-order valence-corrected chi connectivity index (χ2v) is 11.3. The molecule has 3 heteroatoms. The van der Waals surface area contributed by atoms with E-state index in [1.807, 2.05) is 19.1 Å². The lowest BCUT2D eigenvalue weighted by Gasteiger charge is -2.31. The third-order valence-corrected chi connectivity index (χ3v) is 9.83. The summed E-state index contributed by atoms with van der Waals surface area (Å²) in [5.41, 5.74) is 2.01. The van der Waals surface area contributed by atoms with Crippen LogP contribution in [-0.4, -0.2) is 26.7 Å². The molecule has 0 saturated heterocycles. The molecular weight excluding hydrogens is 311 g/mol. The summed E-state index contributed by atoms with van der Waals surface area (Å²) in [5.74, 6) is 1.82. The van der Waals surface area contributed by atoms with Crippen molar-refractivity contribution in [1.82, 2.24) is 0 Å². The van der Waals surface area contributed by atoms with Gasteiger partial charge < -0.3 is 4.74 Å². The van der Waals surface area contributed by atoms with Crippen molar-refractivity contribution in [3.8, 4) is 0 Å². The topological polar surface area (TPSA) is 26.3 Å². The monoisotopic (exact) mass is 346 g/mol. The van der Waals surface area contributed by atoms with Crippen LogP contribution in [0.1, 0.15) is 69.2 Å². The van der Waals surface area contributed by atoms with E-state index in [1.54, 1.807) is 0 Å². The third-order valence-electron chi connectivity index (χ3n) is 4.59. The fourth-order valence-electron chi connectivity index (χ4n) is 3.94. The molecular formula is C21H35AlO2. The Morgan fingerprint density at radius 3 is 2.00 bits per heavy atom. The summed E-state index contributed by atoms with van der Waals surface area (Å²) in [6.07, 6.45) is 0. The Balaban J connectivity index is 3.29. The molecule has 0 amide bonds. The summed E-state index contributed by atoms with van der Waals surface area (Å²) in [4.78, 5) is 12.5. The van der Waals surface area contributed by atoms with Crippen molar-refractivity contribution < 1.29 is 9.53 Å². The SMILES string of the molecule is CCOC(=O)c1ccccc1[CH](C(C)C)[Al]([CH2]C(C)C)[CH2]C(C)C. The molecule has 0 aliphatic heterocycles. The lowest BCUT2D eigenvalue weighted by atomic mass is 9.97. The largest absolute Gasteiger partial charge is 0.462 e. The van der Waals surface area contributed by atoms with E-state index in [0.29, 0.717) is 17.3 Å². The lowest BCUT2D eigenvalue weighted by molar-refractivity contribution is 0.0524. The predicted molar refractivity (Wildman–Crippen MR) is 105 cm³/mol. The van der Waals surface area contributed by atoms with E-state index in [1.165, 1.54) is 16.1 Å². The zero-order valence-electron chi connectivity index (χ0n) is 16.6. The highest BCUT2D eigenvalue weighted by Crippen LogP contribution is 2.36. The molecule has 0 bridgehead atoms. The highest BCUT2D eigenvalue weighted by molar-refractivity contribution is 6.60. The molecule has 0 heterocycles. The first-order valence-corrected chi connectivity index (χ1v) is 11.8. The van der Waals surface area contributed by atoms with Gasteiger partial charge in [-0.15, -0.1) is 0 Å². The number of esters is 1. The van der Waals surface area contributed by atoms with Crippen molar-refractivity contribution in [2.24, 2.45) is 17.8 Å². The molecule has 0 aromatic heterocycles. The van der Waals surface area contributed by atoms with Crippen LogP contribution < -0.4 is 0 Å². The molecule has 0 spiro atoms. The molecule has 134 valence electrons. The summed E-state index contributed by atoms with van der Waals surface area (Å²) in [6, 6.07) is 8.13. The molecule has 0 aliphatic carbocycles. The Kier molecular flexibility index (Phi) is 9.10. The van der Waals surface area contributed by atoms with Crippen molar-refractivity contribution in [3.63, 3.8) is 0 Å². The highest BCUT2D eigenvalue weighted by Gasteiger charge is 2.34. The van der Waals surface area contributed by atoms with E-state index in [9.17, 15) is 4.79 Å². The standard InChI is InChI=1S/C13H17O2.2C4H9.Al/c1-4-15-13(14)12-8-6-5-7-11(12)9-10(2)3;2*1-4(2)3;/h5-10H,4H2,1-3H3;2*4H,1H2,2-3H3;. The van der Waals surface area contributed by atoms with Crippen molar-refractivity contribution in [2.75, 3.05) is 6.61 Å². The first kappa shape index (κ1) is 21.3. The zero-order chi connectivity index (χ0) is 18.3. The number of benzene rings is 1. The Morgan fingerprint density at radius 2 is 1.54 bits per heavy atom. The molecule has 0 aliphatic rings. The zero-order valence-corrected chi connectivity index (χ0v) is 17.8. The number of carbonyl (C=O) groups is 1. The molecule has 1 unspecified atom stereocenters. The van der Waals surface area contributed by atoms with Gasteiger partial charge in [-0.2, -0.15) is 0 Å². The normalized spacial score (nSPS) is 12.8. The summed E-state index contributed by atoms with van der Waals surface area (Å²) in [5, 5.41) is 2.66. The minimum absolute atomic E-state index is 0.166. The van der Waals surface area contributed by atoms with Crippen molar-refractivity contribution >= 4 is 20.1 Å². The van der Waals surface area contributed by atoms with Gasteiger partial charge in [-0.05, 0) is 18.6 Å². The second-order valence-electron chi connectivity index (χ2n) is 8.10. The van der Waals surface area contributed by atoms with Crippen LogP contribution >= 0.6 is 0 Å². The van der Waals surface area contributed by atoms with Crippen LogP contribution in [0.3, 0.4) is 0 Å². The maximum atomic E-state index is 12.5. The first-order chi connectivity index (χ1) is 11.3. The van der Waals surface area contributed by atoms with Crippen LogP contribution in [0, 0.1) is 17.8 Å². The molecule has 1 aromatic rings. The predicted octanol–water partition coefficient (Wildman–Crippen LogP) is 5.95. The van der Waals surface area contributed by atoms with Crippen molar-refractivity contribution in [3.05, 3.63) is 35.4 Å². The second kappa shape index (κ2) is 10.3. The average molecular weight is 346 g/mol. The van der Waals surface area contributed by atoms with Gasteiger partial charge in [0.2, 0.25) is 0 Å². The molecule has 1 rings (SSSR count). The summed E-state index contributed by atoms with van der Waals surface area (Å²) < 4.78 is 5.84. The van der Waals surface area contributed by atoms with E-state index in [0.717, 1.165) is 17.4 Å². The Bertz CT molecular complexity index is 498. The third kappa shape index (κ3) is 6.26. The Morgan fingerprint density at radius 1 is 1.00 bits per heavy atom. The van der Waals surface area contributed by atoms with Gasteiger partial charge in [0.1, 0.15) is 0 Å². The molecule has 24 heavy (non-hydrogen) atoms. The quantitative estimate of drug-likeness (QED) is 0.408. The average Bonchev–Trinajstić information content (AvgIpc) is 2.46. The van der Waals surface area contributed by atoms with Crippen LogP contribution in [0.5, 0.6) is 0 Å². The van der Waals surface area contributed by atoms with Crippen LogP contribution in [-0.2, 0) is 4.74 Å². The van der Waals surface area contributed by atoms with Gasteiger partial charge >= 0.3 is 5.97 Å². The number of rotatable bonds is 9. The lowest BCUT2D eigenvalue weighted by Crippen LogP contribution is -2.32. The van der Waals surface area contributed by atoms with Crippen LogP contribution in [0.15, 0.2) is 24.3 Å². The van der Waals surface area contributed by atoms with E-state index in [2.05, 4.69) is 53.7 Å². The maximum absolute atomic E-state index is 12.5. The summed E-state index contributed by atoms with van der Waals surface area (Å²) >= 11 is -1.05. The van der Waals surface area contributed by atoms with Gasteiger partial charge in [-0.25, -0.2) is 4.79 Å². The molecule has 0 fully saturated rings. The molecule has 0 N–H and O–H groups in total. The van der Waals surface area contributed by atoms with E-state index >= 15 is 0 Å². The van der Waals surface area contributed by atoms with Crippen LogP contribution in [0.4, 0.5) is 0 Å². The van der Waals surface area contributed by atoms with Crippen molar-refractivity contribution in [1.29, 1.82) is 0 Å². The van der Waals surface area contributed by atoms with Gasteiger partial charge in [0.05, 0.1) is 12.2 Å². The molecule has 1 aromatic carbocycles. The van der Waals surface area contributed by atoms with Gasteiger partial charge in [0, 0.05) is 0 Å². The van der Waals surface area contributed by atoms with Gasteiger partial charge in [-0.3, -0.25) is 0 Å². The number of hydrogen-bond donors (Lipinski definition) is 0. The molecule has 2 nitrogen and oxygen atoms in total. The maximum Gasteiger partial charge on any atom is 0.338 e. The minimum atomic E-state index is -1.05. The number of carbonyl (C=O) groups excluding carboxylic acids is 1. The smallest absolute Gasteiger partial charge is 0.338 e. The van der Waals surface area contributed by atoms with E-state index in [-0.39, 0.29) is 5.97 Å². The van der Waals surface area contributed by atoms with Crippen LogP contribution in [0.2, 0.25) is 10.6 Å². The van der Waals surface area contributed by atoms with Gasteiger partial charge in [0.15, 0.2) is 0 Å². The molecule has 1 atom stereocenters. The summed E-state index contributed by atoms with van der Waals surface area (Å²) in [6.45, 7) is 16.2. The van der Waals surface area contributed by atoms with Crippen LogP contribution in [0.25, 0.3) is 0 Å². The van der Waals surface area contributed by atoms with Gasteiger partial charge in [0.25, 0.3) is 14.1 Å². The van der Waals surface area contributed by atoms with E-state index < -0.39 is 14.1 Å². The fraction of sp³-hybridized carbons (Fsp3) is 0.667. The number of hydrogen-bond acceptors (Lipinski definition) is 2. The molecule has 0 saturated carbocycles. The fourth-order valence-corrected chi connectivity index (χ4v) is 9.03. The minimum Gasteiger partial charge on any atom is -0.462 e. The van der Waals surface area contributed by atoms with Gasteiger partial charge in [-0.1, -0.05) is 92.8 Å². The van der Waals surface area contributed by atoms with Crippen molar-refractivity contribution in [2.45, 2.75) is 63.8 Å². The number of ether oxygens (including phenoxy) is 1. The van der Waals surface area contributed by atoms with E-state index in [4.69, 9.17) is 4.74 Å². The Labute approximate surface area is 153 Å². The summed E-state index contributed by atoms with van der Waals surface area (Å²) in [7, 11) is 0.